The molecule has 9 nitrogen and oxygen atoms in total. The molecule has 2 fully saturated rings. The fourth-order valence-electron chi connectivity index (χ4n) is 5.37. The Balaban J connectivity index is 1.62. The molecular weight excluding hydrogens is 543 g/mol. The first kappa shape index (κ1) is 28.7. The van der Waals surface area contributed by atoms with E-state index in [4.69, 9.17) is 23.2 Å². The highest BCUT2D eigenvalue weighted by Gasteiger charge is 2.44. The van der Waals surface area contributed by atoms with Crippen LogP contribution >= 0.6 is 23.2 Å². The maximum absolute atomic E-state index is 13.8. The van der Waals surface area contributed by atoms with Crippen molar-refractivity contribution in [3.63, 3.8) is 0 Å². The summed E-state index contributed by atoms with van der Waals surface area (Å²) in [6, 6.07) is 10.5. The number of amides is 4. The number of carbonyl (C=O) groups excluding carboxylic acids is 3. The number of urea groups is 1. The maximum atomic E-state index is 13.8. The average molecular weight is 575 g/mol. The number of carboxylic acid groups (broad SMARTS) is 1. The molecule has 2 aliphatic rings. The van der Waals surface area contributed by atoms with E-state index in [1.807, 2.05) is 13.0 Å². The van der Waals surface area contributed by atoms with Gasteiger partial charge in [-0.2, -0.15) is 0 Å². The molecule has 1 aliphatic heterocycles. The maximum Gasteiger partial charge on any atom is 0.323 e. The Labute approximate surface area is 237 Å². The summed E-state index contributed by atoms with van der Waals surface area (Å²) < 4.78 is 0. The molecule has 1 saturated carbocycles. The zero-order chi connectivity index (χ0) is 28.1. The van der Waals surface area contributed by atoms with Crippen molar-refractivity contribution in [2.24, 2.45) is 5.92 Å². The van der Waals surface area contributed by atoms with E-state index in [1.54, 1.807) is 18.2 Å². The van der Waals surface area contributed by atoms with Crippen LogP contribution < -0.4 is 10.6 Å². The van der Waals surface area contributed by atoms with Crippen molar-refractivity contribution in [1.82, 2.24) is 15.1 Å². The van der Waals surface area contributed by atoms with E-state index in [-0.39, 0.29) is 41.0 Å². The van der Waals surface area contributed by atoms with E-state index < -0.39 is 36.0 Å². The lowest BCUT2D eigenvalue weighted by molar-refractivity contribution is -0.138. The molecule has 1 heterocycles. The standard InChI is InChI=1S/C28H32Cl2N4O5/c1-17-6-5-9-20(14-17)31-28(39)34-13-12-33(27(38)19-10-11-21(29)22(30)15-19)26(34)25(37)32-23(16-24(35)36)18-7-3-2-4-8-18/h5-6,9-11,14-15,18,23,26H,2-4,7-8,12-13,16H2,1H3,(H,31,39)(H,32,37)(H,35,36). The van der Waals surface area contributed by atoms with E-state index in [1.165, 1.54) is 28.0 Å². The smallest absolute Gasteiger partial charge is 0.323 e. The minimum atomic E-state index is -1.28. The van der Waals surface area contributed by atoms with Gasteiger partial charge in [-0.25, -0.2) is 4.79 Å². The fraction of sp³-hybridized carbons (Fsp3) is 0.429. The Kier molecular flexibility index (Phi) is 9.35. The minimum Gasteiger partial charge on any atom is -0.481 e. The first-order valence-electron chi connectivity index (χ1n) is 13.1. The molecule has 2 atom stereocenters. The molecule has 2 unspecified atom stereocenters. The fourth-order valence-corrected chi connectivity index (χ4v) is 5.67. The van der Waals surface area contributed by atoms with Crippen molar-refractivity contribution in [3.05, 3.63) is 63.6 Å². The Morgan fingerprint density at radius 2 is 1.69 bits per heavy atom. The van der Waals surface area contributed by atoms with Gasteiger partial charge in [0.25, 0.3) is 11.8 Å². The van der Waals surface area contributed by atoms with Crippen LogP contribution in [0.3, 0.4) is 0 Å². The first-order valence-corrected chi connectivity index (χ1v) is 13.8. The molecule has 0 bridgehead atoms. The summed E-state index contributed by atoms with van der Waals surface area (Å²) in [5.74, 6) is -2.10. The highest BCUT2D eigenvalue weighted by Crippen LogP contribution is 2.29. The van der Waals surface area contributed by atoms with Gasteiger partial charge in [-0.15, -0.1) is 0 Å². The number of carbonyl (C=O) groups is 4. The van der Waals surface area contributed by atoms with Crippen LogP contribution in [-0.4, -0.2) is 64.0 Å². The number of anilines is 1. The number of nitrogens with one attached hydrogen (secondary N) is 2. The lowest BCUT2D eigenvalue weighted by atomic mass is 9.82. The van der Waals surface area contributed by atoms with Crippen LogP contribution in [0.5, 0.6) is 0 Å². The van der Waals surface area contributed by atoms with E-state index in [0.29, 0.717) is 5.69 Å². The number of benzene rings is 2. The molecule has 4 amide bonds. The Hall–Kier alpha value is -3.30. The number of aliphatic carboxylic acids is 1. The predicted molar refractivity (Wildman–Crippen MR) is 149 cm³/mol. The van der Waals surface area contributed by atoms with Crippen LogP contribution in [0.4, 0.5) is 10.5 Å². The van der Waals surface area contributed by atoms with Gasteiger partial charge in [0, 0.05) is 30.4 Å². The topological polar surface area (TPSA) is 119 Å². The quantitative estimate of drug-likeness (QED) is 0.422. The summed E-state index contributed by atoms with van der Waals surface area (Å²) in [5, 5.41) is 15.7. The number of hydrogen-bond acceptors (Lipinski definition) is 4. The zero-order valence-electron chi connectivity index (χ0n) is 21.7. The lowest BCUT2D eigenvalue weighted by Crippen LogP contribution is -2.57. The molecule has 1 aliphatic carbocycles. The summed E-state index contributed by atoms with van der Waals surface area (Å²) in [7, 11) is 0. The van der Waals surface area contributed by atoms with Crippen LogP contribution in [0.2, 0.25) is 10.0 Å². The van der Waals surface area contributed by atoms with Gasteiger partial charge >= 0.3 is 12.0 Å². The third kappa shape index (κ3) is 7.02. The molecule has 2 aromatic rings. The number of carboxylic acids is 1. The molecule has 4 rings (SSSR count). The molecule has 11 heteroatoms. The molecule has 0 aromatic heterocycles. The Bertz CT molecular complexity index is 1250. The number of nitrogens with zero attached hydrogens (tertiary/aromatic N) is 2. The van der Waals surface area contributed by atoms with Crippen molar-refractivity contribution in [2.75, 3.05) is 18.4 Å². The van der Waals surface area contributed by atoms with Gasteiger partial charge in [0.05, 0.1) is 16.5 Å². The number of rotatable bonds is 7. The Morgan fingerprint density at radius 3 is 2.36 bits per heavy atom. The Morgan fingerprint density at radius 1 is 0.974 bits per heavy atom. The third-order valence-corrected chi connectivity index (χ3v) is 8.04. The zero-order valence-corrected chi connectivity index (χ0v) is 23.2. The van der Waals surface area contributed by atoms with E-state index in [0.717, 1.165) is 37.7 Å². The van der Waals surface area contributed by atoms with Gasteiger partial charge in [0.1, 0.15) is 0 Å². The molecule has 0 radical (unpaired) electrons. The van der Waals surface area contributed by atoms with Crippen LogP contribution in [0.25, 0.3) is 0 Å². The summed E-state index contributed by atoms with van der Waals surface area (Å²) in [6.45, 7) is 2.11. The summed E-state index contributed by atoms with van der Waals surface area (Å²) in [6.07, 6.45) is 3.11. The van der Waals surface area contributed by atoms with Crippen molar-refractivity contribution in [1.29, 1.82) is 0 Å². The number of halogens is 2. The molecule has 2 aromatic carbocycles. The lowest BCUT2D eigenvalue weighted by Gasteiger charge is -2.34. The number of aryl methyl sites for hydroxylation is 1. The van der Waals surface area contributed by atoms with Gasteiger partial charge in [-0.05, 0) is 61.6 Å². The SMILES string of the molecule is Cc1cccc(NC(=O)N2CCN(C(=O)c3ccc(Cl)c(Cl)c3)C2C(=O)NC(CC(=O)O)C2CCCCC2)c1. The largest absolute Gasteiger partial charge is 0.481 e. The van der Waals surface area contributed by atoms with Crippen molar-refractivity contribution in [3.8, 4) is 0 Å². The van der Waals surface area contributed by atoms with Gasteiger partial charge in [0.2, 0.25) is 0 Å². The average Bonchev–Trinajstić information content (AvgIpc) is 3.35. The molecule has 1 saturated heterocycles. The van der Waals surface area contributed by atoms with E-state index in [2.05, 4.69) is 10.6 Å². The van der Waals surface area contributed by atoms with Gasteiger partial charge < -0.3 is 20.6 Å². The van der Waals surface area contributed by atoms with Crippen LogP contribution in [0.15, 0.2) is 42.5 Å². The second-order valence-electron chi connectivity index (χ2n) is 10.1. The highest BCUT2D eigenvalue weighted by molar-refractivity contribution is 6.42. The normalized spacial score (nSPS) is 18.5. The molecule has 0 spiro atoms. The van der Waals surface area contributed by atoms with Crippen LogP contribution in [0.1, 0.15) is 54.4 Å². The molecule has 3 N–H and O–H groups in total. The van der Waals surface area contributed by atoms with Gasteiger partial charge in [-0.3, -0.25) is 19.3 Å². The molecular formula is C28H32Cl2N4O5. The predicted octanol–water partition coefficient (Wildman–Crippen LogP) is 5.16. The van der Waals surface area contributed by atoms with Crippen molar-refractivity contribution in [2.45, 2.75) is 57.7 Å². The van der Waals surface area contributed by atoms with Crippen molar-refractivity contribution >= 4 is 52.7 Å². The molecule has 39 heavy (non-hydrogen) atoms. The molecule has 208 valence electrons. The summed E-state index contributed by atoms with van der Waals surface area (Å²) in [5.41, 5.74) is 1.72. The monoisotopic (exact) mass is 574 g/mol. The third-order valence-electron chi connectivity index (χ3n) is 7.31. The second-order valence-corrected chi connectivity index (χ2v) is 10.9. The van der Waals surface area contributed by atoms with E-state index >= 15 is 0 Å². The van der Waals surface area contributed by atoms with Crippen molar-refractivity contribution < 1.29 is 24.3 Å². The second kappa shape index (κ2) is 12.7. The summed E-state index contributed by atoms with van der Waals surface area (Å²) in [4.78, 5) is 55.0. The van der Waals surface area contributed by atoms with Gasteiger partial charge in [0.15, 0.2) is 6.17 Å². The van der Waals surface area contributed by atoms with Crippen LogP contribution in [0, 0.1) is 12.8 Å². The number of hydrogen-bond donors (Lipinski definition) is 3. The summed E-state index contributed by atoms with van der Waals surface area (Å²) >= 11 is 12.2. The van der Waals surface area contributed by atoms with Crippen LogP contribution in [-0.2, 0) is 9.59 Å². The highest BCUT2D eigenvalue weighted by atomic mass is 35.5. The minimum absolute atomic E-state index is 0.00833. The first-order chi connectivity index (χ1) is 18.6. The van der Waals surface area contributed by atoms with Gasteiger partial charge in [-0.1, -0.05) is 54.6 Å². The van der Waals surface area contributed by atoms with E-state index in [9.17, 15) is 24.3 Å².